The molecular weight excluding hydrogens is 516 g/mol. The van der Waals surface area contributed by atoms with E-state index in [1.54, 1.807) is 12.1 Å². The minimum atomic E-state index is -4.31. The van der Waals surface area contributed by atoms with E-state index in [4.69, 9.17) is 8.92 Å². The average molecular weight is 537 g/mol. The predicted octanol–water partition coefficient (Wildman–Crippen LogP) is 3.88. The maximum Gasteiger partial charge on any atom is 0.339 e. The number of nitrogens with one attached hydrogen (secondary N) is 2. The summed E-state index contributed by atoms with van der Waals surface area (Å²) in [5.41, 5.74) is -0.0621. The molecule has 0 saturated heterocycles. The van der Waals surface area contributed by atoms with E-state index in [-0.39, 0.29) is 39.2 Å². The number of nitrogens with zero attached hydrogens (tertiary/aromatic N) is 2. The number of hydrogen-bond acceptors (Lipinski definition) is 9. The molecule has 3 rings (SSSR count). The number of carbonyl (C=O) groups excluding carboxylic acids is 2. The van der Waals surface area contributed by atoms with E-state index in [2.05, 4.69) is 10.6 Å². The fourth-order valence-corrected chi connectivity index (χ4v) is 4.09. The van der Waals surface area contributed by atoms with Crippen LogP contribution in [-0.4, -0.2) is 32.3 Å². The molecule has 0 fully saturated rings. The number of anilines is 2. The molecule has 0 bridgehead atoms. The molecule has 2 N–H and O–H groups in total. The van der Waals surface area contributed by atoms with Gasteiger partial charge in [-0.2, -0.15) is 13.7 Å². The number of hydrogen-bond donors (Lipinski definition) is 2. The first-order valence-electron chi connectivity index (χ1n) is 10.7. The molecule has 0 radical (unpaired) electrons. The fourth-order valence-electron chi connectivity index (χ4n) is 3.14. The van der Waals surface area contributed by atoms with Crippen LogP contribution in [0.4, 0.5) is 17.1 Å². The quantitative estimate of drug-likeness (QED) is 0.135. The first-order valence-corrected chi connectivity index (χ1v) is 12.1. The Hall–Kier alpha value is -5.22. The van der Waals surface area contributed by atoms with Gasteiger partial charge in [-0.3, -0.25) is 19.7 Å². The van der Waals surface area contributed by atoms with Gasteiger partial charge < -0.3 is 19.6 Å². The van der Waals surface area contributed by atoms with Crippen molar-refractivity contribution in [3.63, 3.8) is 0 Å². The second-order valence-electron chi connectivity index (χ2n) is 7.55. The van der Waals surface area contributed by atoms with E-state index in [0.29, 0.717) is 5.69 Å². The van der Waals surface area contributed by atoms with Gasteiger partial charge in [0.25, 0.3) is 11.6 Å². The maximum absolute atomic E-state index is 12.8. The van der Waals surface area contributed by atoms with E-state index in [0.717, 1.165) is 18.2 Å². The van der Waals surface area contributed by atoms with Gasteiger partial charge in [0, 0.05) is 24.2 Å². The third kappa shape index (κ3) is 6.71. The monoisotopic (exact) mass is 536 g/mol. The topological polar surface area (TPSA) is 178 Å². The summed E-state index contributed by atoms with van der Waals surface area (Å²) in [7, 11) is -3.05. The Bertz CT molecular complexity index is 1580. The summed E-state index contributed by atoms with van der Waals surface area (Å²) in [6, 6.07) is 16.4. The van der Waals surface area contributed by atoms with Crippen molar-refractivity contribution in [2.24, 2.45) is 0 Å². The summed E-state index contributed by atoms with van der Waals surface area (Å²) in [6.07, 6.45) is 1.14. The molecule has 0 aliphatic carbocycles. The molecule has 0 saturated carbocycles. The lowest BCUT2D eigenvalue weighted by Gasteiger charge is -2.11. The molecule has 0 unspecified atom stereocenters. The van der Waals surface area contributed by atoms with E-state index in [1.165, 1.54) is 62.6 Å². The summed E-state index contributed by atoms with van der Waals surface area (Å²) in [5, 5.41) is 25.5. The van der Waals surface area contributed by atoms with Crippen molar-refractivity contribution < 1.29 is 31.9 Å². The van der Waals surface area contributed by atoms with Gasteiger partial charge in [-0.25, -0.2) is 0 Å². The molecule has 0 heterocycles. The highest BCUT2D eigenvalue weighted by atomic mass is 32.2. The molecule has 3 aromatic rings. The number of methoxy groups -OCH3 is 1. The lowest BCUT2D eigenvalue weighted by atomic mass is 10.1. The predicted molar refractivity (Wildman–Crippen MR) is 137 cm³/mol. The molecule has 0 aromatic heterocycles. The SMILES string of the molecule is COc1cc([N+](=O)[O-])ccc1NC(=O)/C(C#N)=C/c1ccccc1OS(=O)(=O)c1ccc(NC(C)=O)cc1. The molecule has 38 heavy (non-hydrogen) atoms. The van der Waals surface area contributed by atoms with Crippen molar-refractivity contribution in [3.8, 4) is 17.6 Å². The zero-order valence-electron chi connectivity index (χ0n) is 20.0. The molecule has 0 aliphatic rings. The van der Waals surface area contributed by atoms with Gasteiger partial charge in [-0.1, -0.05) is 18.2 Å². The molecule has 0 atom stereocenters. The van der Waals surface area contributed by atoms with Crippen molar-refractivity contribution in [3.05, 3.63) is 88.0 Å². The third-order valence-electron chi connectivity index (χ3n) is 4.89. The zero-order chi connectivity index (χ0) is 27.9. The number of nitro benzene ring substituents is 1. The number of nitro groups is 1. The Morgan fingerprint density at radius 1 is 1.03 bits per heavy atom. The van der Waals surface area contributed by atoms with E-state index in [1.807, 2.05) is 0 Å². The molecule has 0 aliphatic heterocycles. The van der Waals surface area contributed by atoms with Gasteiger partial charge in [-0.15, -0.1) is 0 Å². The summed E-state index contributed by atoms with van der Waals surface area (Å²) < 4.78 is 36.0. The van der Waals surface area contributed by atoms with Crippen molar-refractivity contribution in [1.29, 1.82) is 5.26 Å². The van der Waals surface area contributed by atoms with Gasteiger partial charge in [0.15, 0.2) is 0 Å². The largest absolute Gasteiger partial charge is 0.494 e. The summed E-state index contributed by atoms with van der Waals surface area (Å²) in [6.45, 7) is 1.32. The Kier molecular flexibility index (Phi) is 8.41. The van der Waals surface area contributed by atoms with Crippen LogP contribution in [0.5, 0.6) is 11.5 Å². The van der Waals surface area contributed by atoms with Crippen LogP contribution in [0.3, 0.4) is 0 Å². The van der Waals surface area contributed by atoms with Crippen LogP contribution in [0, 0.1) is 21.4 Å². The molecule has 0 spiro atoms. The summed E-state index contributed by atoms with van der Waals surface area (Å²) in [5.74, 6) is -1.33. The number of nitriles is 1. The Labute approximate surface area is 217 Å². The summed E-state index contributed by atoms with van der Waals surface area (Å²) >= 11 is 0. The van der Waals surface area contributed by atoms with Crippen LogP contribution in [-0.2, 0) is 19.7 Å². The van der Waals surface area contributed by atoms with Crippen LogP contribution in [0.25, 0.3) is 6.08 Å². The van der Waals surface area contributed by atoms with Crippen LogP contribution >= 0.6 is 0 Å². The Morgan fingerprint density at radius 2 is 1.71 bits per heavy atom. The number of non-ortho nitro benzene ring substituents is 1. The third-order valence-corrected chi connectivity index (χ3v) is 6.14. The van der Waals surface area contributed by atoms with Crippen molar-refractivity contribution in [2.75, 3.05) is 17.7 Å². The number of para-hydroxylation sites is 1. The first kappa shape index (κ1) is 27.4. The number of carbonyl (C=O) groups is 2. The lowest BCUT2D eigenvalue weighted by Crippen LogP contribution is -2.14. The second kappa shape index (κ2) is 11.7. The van der Waals surface area contributed by atoms with Crippen molar-refractivity contribution in [2.45, 2.75) is 11.8 Å². The second-order valence-corrected chi connectivity index (χ2v) is 9.09. The highest BCUT2D eigenvalue weighted by molar-refractivity contribution is 7.87. The molecule has 3 aromatic carbocycles. The number of ether oxygens (including phenoxy) is 1. The fraction of sp³-hybridized carbons (Fsp3) is 0.0800. The highest BCUT2D eigenvalue weighted by Crippen LogP contribution is 2.30. The molecule has 2 amide bonds. The van der Waals surface area contributed by atoms with E-state index < -0.39 is 26.5 Å². The standard InChI is InChI=1S/C25H20N4O8S/c1-16(30)27-19-7-10-21(11-8-19)38(34,35)37-23-6-4-3-5-17(23)13-18(15-26)25(31)28-22-12-9-20(29(32)33)14-24(22)36-2/h3-14H,1-2H3,(H,27,30)(H,28,31)/b18-13+. The van der Waals surface area contributed by atoms with Crippen molar-refractivity contribution >= 4 is 45.1 Å². The minimum absolute atomic E-state index is 0.00388. The molecular formula is C25H20N4O8S. The van der Waals surface area contributed by atoms with Gasteiger partial charge in [0.1, 0.15) is 28.0 Å². The minimum Gasteiger partial charge on any atom is -0.494 e. The van der Waals surface area contributed by atoms with E-state index >= 15 is 0 Å². The smallest absolute Gasteiger partial charge is 0.339 e. The molecule has 13 heteroatoms. The van der Waals surface area contributed by atoms with Crippen LogP contribution in [0.2, 0.25) is 0 Å². The van der Waals surface area contributed by atoms with Gasteiger partial charge >= 0.3 is 10.1 Å². The molecule has 12 nitrogen and oxygen atoms in total. The van der Waals surface area contributed by atoms with Gasteiger partial charge in [-0.05, 0) is 42.5 Å². The van der Waals surface area contributed by atoms with Crippen LogP contribution in [0.1, 0.15) is 12.5 Å². The van der Waals surface area contributed by atoms with Crippen LogP contribution in [0.15, 0.2) is 77.2 Å². The van der Waals surface area contributed by atoms with Crippen molar-refractivity contribution in [1.82, 2.24) is 0 Å². The average Bonchev–Trinajstić information content (AvgIpc) is 2.88. The summed E-state index contributed by atoms with van der Waals surface area (Å²) in [4.78, 5) is 34.1. The normalized spacial score (nSPS) is 11.1. The van der Waals surface area contributed by atoms with E-state index in [9.17, 15) is 33.4 Å². The Balaban J connectivity index is 1.87. The molecule has 194 valence electrons. The van der Waals surface area contributed by atoms with Gasteiger partial charge in [0.05, 0.1) is 23.8 Å². The lowest BCUT2D eigenvalue weighted by molar-refractivity contribution is -0.384. The number of amides is 2. The van der Waals surface area contributed by atoms with Gasteiger partial charge in [0.2, 0.25) is 5.91 Å². The Morgan fingerprint density at radius 3 is 2.32 bits per heavy atom. The zero-order valence-corrected chi connectivity index (χ0v) is 20.8. The maximum atomic E-state index is 12.8. The number of benzene rings is 3. The number of rotatable bonds is 9. The first-order chi connectivity index (χ1) is 18.0. The highest BCUT2D eigenvalue weighted by Gasteiger charge is 2.20. The van der Waals surface area contributed by atoms with Crippen LogP contribution < -0.4 is 19.6 Å².